The predicted octanol–water partition coefficient (Wildman–Crippen LogP) is 3.57. The molecule has 0 aliphatic carbocycles. The number of carbonyl (C=O) groups excluding carboxylic acids is 4. The lowest BCUT2D eigenvalue weighted by Crippen LogP contribution is -2.48. The second kappa shape index (κ2) is 12.0. The van der Waals surface area contributed by atoms with Crippen LogP contribution in [0, 0.1) is 0 Å². The Bertz CT molecular complexity index is 1340. The van der Waals surface area contributed by atoms with Crippen molar-refractivity contribution in [3.05, 3.63) is 95.6 Å². The van der Waals surface area contributed by atoms with E-state index in [0.29, 0.717) is 11.1 Å². The molecule has 37 heavy (non-hydrogen) atoms. The van der Waals surface area contributed by atoms with E-state index >= 15 is 0 Å². The predicted molar refractivity (Wildman–Crippen MR) is 141 cm³/mol. The number of ether oxygens (including phenoxy) is 1. The first-order valence-electron chi connectivity index (χ1n) is 11.9. The highest BCUT2D eigenvalue weighted by molar-refractivity contribution is 6.35. The van der Waals surface area contributed by atoms with E-state index in [4.69, 9.17) is 0 Å². The quantitative estimate of drug-likeness (QED) is 0.248. The summed E-state index contributed by atoms with van der Waals surface area (Å²) in [6.07, 6.45) is 2.60. The molecule has 0 saturated heterocycles. The van der Waals surface area contributed by atoms with Crippen LogP contribution in [0.1, 0.15) is 48.3 Å². The number of methoxy groups -OCH3 is 1. The van der Waals surface area contributed by atoms with E-state index in [2.05, 4.69) is 20.7 Å². The van der Waals surface area contributed by atoms with Crippen LogP contribution in [0.3, 0.4) is 0 Å². The summed E-state index contributed by atoms with van der Waals surface area (Å²) in [5.74, 6) is -2.59. The number of hydrogen-bond acceptors (Lipinski definition) is 5. The first-order chi connectivity index (χ1) is 17.6. The van der Waals surface area contributed by atoms with Gasteiger partial charge in [0.25, 0.3) is 5.91 Å². The topological polar surface area (TPSA) is 114 Å². The van der Waals surface area contributed by atoms with Gasteiger partial charge in [0.05, 0.1) is 18.7 Å². The van der Waals surface area contributed by atoms with Gasteiger partial charge < -0.3 is 20.7 Å². The van der Waals surface area contributed by atoms with E-state index in [-0.39, 0.29) is 18.5 Å². The molecule has 0 saturated carbocycles. The smallest absolute Gasteiger partial charge is 0.330 e. The van der Waals surface area contributed by atoms with Gasteiger partial charge in [-0.1, -0.05) is 66.7 Å². The highest BCUT2D eigenvalue weighted by atomic mass is 16.5. The molecule has 192 valence electrons. The summed E-state index contributed by atoms with van der Waals surface area (Å²) in [7, 11) is 1.24. The third kappa shape index (κ3) is 7.27. The van der Waals surface area contributed by atoms with Gasteiger partial charge in [-0.2, -0.15) is 0 Å². The summed E-state index contributed by atoms with van der Waals surface area (Å²) in [4.78, 5) is 49.2. The zero-order valence-electron chi connectivity index (χ0n) is 21.3. The Morgan fingerprint density at radius 1 is 0.919 bits per heavy atom. The summed E-state index contributed by atoms with van der Waals surface area (Å²) in [6.45, 7) is 5.17. The zero-order valence-corrected chi connectivity index (χ0v) is 21.3. The minimum Gasteiger partial charge on any atom is -0.466 e. The van der Waals surface area contributed by atoms with E-state index < -0.39 is 23.3 Å². The molecule has 3 aromatic carbocycles. The van der Waals surface area contributed by atoms with Crippen LogP contribution in [0.15, 0.2) is 78.9 Å². The second-order valence-electron chi connectivity index (χ2n) is 9.14. The molecule has 1 atom stereocenters. The van der Waals surface area contributed by atoms with Crippen LogP contribution in [0.4, 0.5) is 0 Å². The highest BCUT2D eigenvalue weighted by Crippen LogP contribution is 2.24. The SMILES string of the molecule is COC(=O)/C=C/C(C)(C)NC(=O)C(=O)NCc1ccccc1C(=O)N[C@H](C)c1cccc2ccccc12. The number of rotatable bonds is 8. The van der Waals surface area contributed by atoms with Gasteiger partial charge in [-0.3, -0.25) is 14.4 Å². The van der Waals surface area contributed by atoms with E-state index in [0.717, 1.165) is 16.3 Å². The number of amides is 3. The van der Waals surface area contributed by atoms with Gasteiger partial charge in [0, 0.05) is 18.2 Å². The van der Waals surface area contributed by atoms with E-state index in [9.17, 15) is 19.2 Å². The van der Waals surface area contributed by atoms with Crippen LogP contribution in [0.25, 0.3) is 10.8 Å². The van der Waals surface area contributed by atoms with Gasteiger partial charge in [0.1, 0.15) is 0 Å². The molecule has 8 nitrogen and oxygen atoms in total. The molecule has 0 heterocycles. The Hall–Kier alpha value is -4.46. The van der Waals surface area contributed by atoms with Gasteiger partial charge >= 0.3 is 17.8 Å². The maximum absolute atomic E-state index is 13.2. The summed E-state index contributed by atoms with van der Waals surface area (Å²) in [5, 5.41) is 10.3. The molecule has 8 heteroatoms. The molecule has 0 aliphatic rings. The molecule has 0 radical (unpaired) electrons. The molecule has 3 rings (SSSR count). The van der Waals surface area contributed by atoms with E-state index in [1.807, 2.05) is 49.4 Å². The fourth-order valence-electron chi connectivity index (χ4n) is 3.87. The standard InChI is InChI=1S/C29H31N3O5/c1-19(22-15-9-12-20-10-5-7-13-23(20)22)31-26(34)24-14-8-6-11-21(24)18-30-27(35)28(36)32-29(2,3)17-16-25(33)37-4/h5-17,19H,18H2,1-4H3,(H,30,35)(H,31,34)(H,32,36)/b17-16+/t19-/m1/s1. The zero-order chi connectivity index (χ0) is 27.0. The number of benzene rings is 3. The van der Waals surface area contributed by atoms with Crippen molar-refractivity contribution in [2.45, 2.75) is 38.9 Å². The second-order valence-corrected chi connectivity index (χ2v) is 9.14. The Kier molecular flexibility index (Phi) is 8.79. The molecule has 3 N–H and O–H groups in total. The minimum atomic E-state index is -0.960. The third-order valence-corrected chi connectivity index (χ3v) is 5.82. The van der Waals surface area contributed by atoms with Crippen molar-refractivity contribution in [3.8, 4) is 0 Å². The largest absolute Gasteiger partial charge is 0.466 e. The fourth-order valence-corrected chi connectivity index (χ4v) is 3.87. The maximum Gasteiger partial charge on any atom is 0.330 e. The minimum absolute atomic E-state index is 0.0169. The van der Waals surface area contributed by atoms with Crippen LogP contribution < -0.4 is 16.0 Å². The monoisotopic (exact) mass is 501 g/mol. The van der Waals surface area contributed by atoms with Crippen molar-refractivity contribution < 1.29 is 23.9 Å². The third-order valence-electron chi connectivity index (χ3n) is 5.82. The average Bonchev–Trinajstić information content (AvgIpc) is 2.89. The fraction of sp³-hybridized carbons (Fsp3) is 0.241. The van der Waals surface area contributed by atoms with Crippen molar-refractivity contribution in [1.82, 2.24) is 16.0 Å². The maximum atomic E-state index is 13.2. The number of carbonyl (C=O) groups is 4. The summed E-state index contributed by atoms with van der Waals surface area (Å²) in [6, 6.07) is 20.6. The molecule has 0 fully saturated rings. The Morgan fingerprint density at radius 2 is 1.59 bits per heavy atom. The molecular formula is C29H31N3O5. The molecular weight excluding hydrogens is 470 g/mol. The van der Waals surface area contributed by atoms with Crippen molar-refractivity contribution >= 4 is 34.5 Å². The average molecular weight is 502 g/mol. The molecule has 0 spiro atoms. The van der Waals surface area contributed by atoms with Gasteiger partial charge in [-0.05, 0) is 48.7 Å². The molecule has 3 amide bonds. The van der Waals surface area contributed by atoms with Gasteiger partial charge in [-0.25, -0.2) is 4.79 Å². The number of esters is 1. The molecule has 0 unspecified atom stereocenters. The lowest BCUT2D eigenvalue weighted by atomic mass is 9.99. The van der Waals surface area contributed by atoms with Crippen molar-refractivity contribution in [1.29, 1.82) is 0 Å². The van der Waals surface area contributed by atoms with Crippen molar-refractivity contribution in [2.75, 3.05) is 7.11 Å². The molecule has 0 aromatic heterocycles. The van der Waals surface area contributed by atoms with Crippen LogP contribution >= 0.6 is 0 Å². The molecule has 0 aliphatic heterocycles. The van der Waals surface area contributed by atoms with E-state index in [1.165, 1.54) is 19.3 Å². The molecule has 0 bridgehead atoms. The lowest BCUT2D eigenvalue weighted by molar-refractivity contribution is -0.140. The van der Waals surface area contributed by atoms with Gasteiger partial charge in [0.2, 0.25) is 0 Å². The highest BCUT2D eigenvalue weighted by Gasteiger charge is 2.23. The number of nitrogens with one attached hydrogen (secondary N) is 3. The Balaban J connectivity index is 1.65. The first-order valence-corrected chi connectivity index (χ1v) is 11.9. The summed E-state index contributed by atoms with van der Waals surface area (Å²) < 4.78 is 4.53. The van der Waals surface area contributed by atoms with Crippen LogP contribution in [-0.4, -0.2) is 36.3 Å². The van der Waals surface area contributed by atoms with Crippen LogP contribution in [0.5, 0.6) is 0 Å². The normalized spacial score (nSPS) is 12.1. The van der Waals surface area contributed by atoms with Crippen LogP contribution in [0.2, 0.25) is 0 Å². The van der Waals surface area contributed by atoms with Crippen LogP contribution in [-0.2, 0) is 25.7 Å². The first kappa shape index (κ1) is 27.1. The molecule has 3 aromatic rings. The van der Waals surface area contributed by atoms with E-state index in [1.54, 1.807) is 38.1 Å². The summed E-state index contributed by atoms with van der Waals surface area (Å²) in [5.41, 5.74) is 1.00. The lowest BCUT2D eigenvalue weighted by Gasteiger charge is -2.22. The van der Waals surface area contributed by atoms with Crippen molar-refractivity contribution in [3.63, 3.8) is 0 Å². The number of fused-ring (bicyclic) bond motifs is 1. The van der Waals surface area contributed by atoms with Crippen molar-refractivity contribution in [2.24, 2.45) is 0 Å². The number of hydrogen-bond donors (Lipinski definition) is 3. The van der Waals surface area contributed by atoms with Gasteiger partial charge in [0.15, 0.2) is 0 Å². The Labute approximate surface area is 216 Å². The Morgan fingerprint density at radius 3 is 2.35 bits per heavy atom. The summed E-state index contributed by atoms with van der Waals surface area (Å²) >= 11 is 0. The van der Waals surface area contributed by atoms with Gasteiger partial charge in [-0.15, -0.1) is 0 Å².